The van der Waals surface area contributed by atoms with Crippen molar-refractivity contribution in [1.82, 2.24) is 0 Å². The summed E-state index contributed by atoms with van der Waals surface area (Å²) in [6, 6.07) is 9.85. The van der Waals surface area contributed by atoms with Crippen LogP contribution < -0.4 is 10.2 Å². The Kier molecular flexibility index (Phi) is 5.44. The number of nitro benzene ring substituents is 1. The summed E-state index contributed by atoms with van der Waals surface area (Å²) in [5.74, 6) is -0.391. The first-order valence-corrected chi connectivity index (χ1v) is 9.28. The molecule has 0 saturated heterocycles. The summed E-state index contributed by atoms with van der Waals surface area (Å²) >= 11 is 0. The van der Waals surface area contributed by atoms with E-state index >= 15 is 0 Å². The predicted octanol–water partition coefficient (Wildman–Crippen LogP) is 4.09. The number of hydrogen-bond donors (Lipinski definition) is 1. The number of nitrogens with zero attached hydrogens (tertiary/aromatic N) is 2. The molecule has 0 unspecified atom stereocenters. The molecule has 0 radical (unpaired) electrons. The van der Waals surface area contributed by atoms with Crippen molar-refractivity contribution in [3.05, 3.63) is 63.2 Å². The lowest BCUT2D eigenvalue weighted by atomic mass is 9.99. The largest absolute Gasteiger partial charge is 0.322 e. The molecule has 7 heteroatoms. The van der Waals surface area contributed by atoms with Crippen molar-refractivity contribution in [1.29, 1.82) is 0 Å². The molecule has 0 saturated carbocycles. The second kappa shape index (κ2) is 7.80. The van der Waals surface area contributed by atoms with Crippen molar-refractivity contribution in [2.75, 3.05) is 16.8 Å². The lowest BCUT2D eigenvalue weighted by Crippen LogP contribution is -2.38. The second-order valence-corrected chi connectivity index (χ2v) is 7.30. The Hall–Kier alpha value is -3.22. The van der Waals surface area contributed by atoms with Crippen molar-refractivity contribution in [3.8, 4) is 0 Å². The van der Waals surface area contributed by atoms with Gasteiger partial charge >= 0.3 is 0 Å². The van der Waals surface area contributed by atoms with Crippen molar-refractivity contribution in [3.63, 3.8) is 0 Å². The van der Waals surface area contributed by atoms with Gasteiger partial charge in [0.05, 0.1) is 4.92 Å². The SMILES string of the molecule is Cc1cc(C(=O)Nc2ccc3c(c2)N(C(=O)C(C)C)CCC3)ccc1[N+](=O)[O-]. The highest BCUT2D eigenvalue weighted by Crippen LogP contribution is 2.31. The van der Waals surface area contributed by atoms with Gasteiger partial charge in [-0.25, -0.2) is 0 Å². The number of nitrogens with one attached hydrogen (secondary N) is 1. The molecule has 1 N–H and O–H groups in total. The lowest BCUT2D eigenvalue weighted by Gasteiger charge is -2.31. The number of carbonyl (C=O) groups is 2. The standard InChI is InChI=1S/C21H23N3O4/c1-13(2)21(26)23-10-4-5-15-6-8-17(12-19(15)23)22-20(25)16-7-9-18(24(27)28)14(3)11-16/h6-9,11-13H,4-5,10H2,1-3H3,(H,22,25). The Morgan fingerprint density at radius 1 is 1.18 bits per heavy atom. The maximum Gasteiger partial charge on any atom is 0.272 e. The first-order chi connectivity index (χ1) is 13.3. The number of carbonyl (C=O) groups excluding carboxylic acids is 2. The molecule has 28 heavy (non-hydrogen) atoms. The number of aryl methyl sites for hydroxylation is 2. The lowest BCUT2D eigenvalue weighted by molar-refractivity contribution is -0.385. The topological polar surface area (TPSA) is 92.6 Å². The molecule has 0 bridgehead atoms. The minimum absolute atomic E-state index is 0.0202. The van der Waals surface area contributed by atoms with E-state index in [-0.39, 0.29) is 23.4 Å². The van der Waals surface area contributed by atoms with Crippen molar-refractivity contribution < 1.29 is 14.5 Å². The van der Waals surface area contributed by atoms with Gasteiger partial charge in [0.1, 0.15) is 0 Å². The minimum Gasteiger partial charge on any atom is -0.322 e. The van der Waals surface area contributed by atoms with E-state index in [2.05, 4.69) is 5.32 Å². The first-order valence-electron chi connectivity index (χ1n) is 9.28. The molecule has 1 aliphatic rings. The van der Waals surface area contributed by atoms with Gasteiger partial charge in [0.2, 0.25) is 5.91 Å². The summed E-state index contributed by atoms with van der Waals surface area (Å²) in [5.41, 5.74) is 3.26. The molecule has 0 aromatic heterocycles. The van der Waals surface area contributed by atoms with E-state index in [1.165, 1.54) is 18.2 Å². The number of nitro groups is 1. The first kappa shape index (κ1) is 19.5. The van der Waals surface area contributed by atoms with Gasteiger partial charge in [0, 0.05) is 41.0 Å². The molecule has 2 aromatic carbocycles. The van der Waals surface area contributed by atoms with Crippen LogP contribution in [0.3, 0.4) is 0 Å². The highest BCUT2D eigenvalue weighted by molar-refractivity contribution is 6.05. The Morgan fingerprint density at radius 3 is 2.57 bits per heavy atom. The van der Waals surface area contributed by atoms with Crippen LogP contribution in [-0.4, -0.2) is 23.3 Å². The molecule has 2 amide bonds. The molecule has 3 rings (SSSR count). The Bertz CT molecular complexity index is 953. The maximum atomic E-state index is 12.6. The van der Waals surface area contributed by atoms with E-state index in [1.807, 2.05) is 32.0 Å². The van der Waals surface area contributed by atoms with Crippen molar-refractivity contribution >= 4 is 28.9 Å². The summed E-state index contributed by atoms with van der Waals surface area (Å²) in [4.78, 5) is 37.4. The van der Waals surface area contributed by atoms with Gasteiger partial charge in [-0.05, 0) is 49.6 Å². The van der Waals surface area contributed by atoms with Crippen molar-refractivity contribution in [2.24, 2.45) is 5.92 Å². The van der Waals surface area contributed by atoms with Gasteiger partial charge < -0.3 is 10.2 Å². The normalized spacial score (nSPS) is 13.2. The maximum absolute atomic E-state index is 12.6. The summed E-state index contributed by atoms with van der Waals surface area (Å²) in [7, 11) is 0. The summed E-state index contributed by atoms with van der Waals surface area (Å²) in [6.07, 6.45) is 1.81. The van der Waals surface area contributed by atoms with Crippen LogP contribution in [0.4, 0.5) is 17.1 Å². The van der Waals surface area contributed by atoms with Crippen LogP contribution in [0.2, 0.25) is 0 Å². The molecule has 1 heterocycles. The third-order valence-electron chi connectivity index (χ3n) is 4.88. The molecule has 7 nitrogen and oxygen atoms in total. The predicted molar refractivity (Wildman–Crippen MR) is 108 cm³/mol. The average Bonchev–Trinajstić information content (AvgIpc) is 2.66. The van der Waals surface area contributed by atoms with E-state index in [1.54, 1.807) is 11.8 Å². The molecule has 146 valence electrons. The van der Waals surface area contributed by atoms with Crippen LogP contribution in [0.15, 0.2) is 36.4 Å². The summed E-state index contributed by atoms with van der Waals surface area (Å²) < 4.78 is 0. The van der Waals surface area contributed by atoms with Gasteiger partial charge in [0.15, 0.2) is 0 Å². The molecule has 1 aliphatic heterocycles. The Morgan fingerprint density at radius 2 is 1.93 bits per heavy atom. The van der Waals surface area contributed by atoms with Gasteiger partial charge in [0.25, 0.3) is 11.6 Å². The van der Waals surface area contributed by atoms with Gasteiger partial charge in [-0.2, -0.15) is 0 Å². The number of anilines is 2. The fourth-order valence-electron chi connectivity index (χ4n) is 3.40. The summed E-state index contributed by atoms with van der Waals surface area (Å²) in [6.45, 7) is 6.02. The monoisotopic (exact) mass is 381 g/mol. The highest BCUT2D eigenvalue weighted by atomic mass is 16.6. The number of rotatable bonds is 4. The quantitative estimate of drug-likeness (QED) is 0.638. The van der Waals surface area contributed by atoms with E-state index in [9.17, 15) is 19.7 Å². The van der Waals surface area contributed by atoms with Gasteiger partial charge in [-0.3, -0.25) is 19.7 Å². The molecule has 0 atom stereocenters. The zero-order valence-electron chi connectivity index (χ0n) is 16.2. The van der Waals surface area contributed by atoms with Crippen LogP contribution in [-0.2, 0) is 11.2 Å². The van der Waals surface area contributed by atoms with E-state index in [4.69, 9.17) is 0 Å². The average molecular weight is 381 g/mol. The zero-order valence-corrected chi connectivity index (χ0v) is 16.2. The Balaban J connectivity index is 1.84. The van der Waals surface area contributed by atoms with Crippen LogP contribution in [0.25, 0.3) is 0 Å². The third-order valence-corrected chi connectivity index (χ3v) is 4.88. The van der Waals surface area contributed by atoms with E-state index in [0.29, 0.717) is 23.4 Å². The molecule has 0 aliphatic carbocycles. The third kappa shape index (κ3) is 3.88. The molecular formula is C21H23N3O4. The Labute approximate surface area is 163 Å². The van der Waals surface area contributed by atoms with Crippen LogP contribution in [0.5, 0.6) is 0 Å². The summed E-state index contributed by atoms with van der Waals surface area (Å²) in [5, 5.41) is 13.8. The molecule has 0 spiro atoms. The van der Waals surface area contributed by atoms with Crippen LogP contribution in [0.1, 0.15) is 41.8 Å². The molecule has 0 fully saturated rings. The molecular weight excluding hydrogens is 358 g/mol. The van der Waals surface area contributed by atoms with E-state index < -0.39 is 4.92 Å². The zero-order chi connectivity index (χ0) is 20.4. The fraction of sp³-hybridized carbons (Fsp3) is 0.333. The van der Waals surface area contributed by atoms with Gasteiger partial charge in [-0.1, -0.05) is 19.9 Å². The number of fused-ring (bicyclic) bond motifs is 1. The number of hydrogen-bond acceptors (Lipinski definition) is 4. The van der Waals surface area contributed by atoms with Crippen LogP contribution in [0, 0.1) is 23.0 Å². The second-order valence-electron chi connectivity index (χ2n) is 7.30. The van der Waals surface area contributed by atoms with Crippen molar-refractivity contribution in [2.45, 2.75) is 33.6 Å². The van der Waals surface area contributed by atoms with E-state index in [0.717, 1.165) is 24.1 Å². The highest BCUT2D eigenvalue weighted by Gasteiger charge is 2.25. The smallest absolute Gasteiger partial charge is 0.272 e. The van der Waals surface area contributed by atoms with Crippen LogP contribution >= 0.6 is 0 Å². The fourth-order valence-corrected chi connectivity index (χ4v) is 3.40. The van der Waals surface area contributed by atoms with Gasteiger partial charge in [-0.15, -0.1) is 0 Å². The number of amides is 2. The minimum atomic E-state index is -0.471. The number of benzene rings is 2. The molecule has 2 aromatic rings.